The third kappa shape index (κ3) is 1.86. The van der Waals surface area contributed by atoms with Crippen molar-refractivity contribution in [1.29, 1.82) is 0 Å². The second kappa shape index (κ2) is 3.44. The van der Waals surface area contributed by atoms with Crippen LogP contribution in [0.15, 0.2) is 0 Å². The molecule has 11 heavy (non-hydrogen) atoms. The fourth-order valence-corrected chi connectivity index (χ4v) is 1.44. The lowest BCUT2D eigenvalue weighted by atomic mass is 10.4. The first kappa shape index (κ1) is 8.85. The SMILES string of the molecule is O=Cc1c(Cl)nc(P)nc1Cl. The lowest BCUT2D eigenvalue weighted by Gasteiger charge is -1.97. The van der Waals surface area contributed by atoms with Crippen molar-refractivity contribution in [2.24, 2.45) is 0 Å². The second-order valence-corrected chi connectivity index (χ2v) is 2.93. The Morgan fingerprint density at radius 1 is 1.27 bits per heavy atom. The van der Waals surface area contributed by atoms with Crippen molar-refractivity contribution in [3.05, 3.63) is 15.9 Å². The molecule has 1 unspecified atom stereocenters. The molecule has 3 nitrogen and oxygen atoms in total. The molecule has 6 heteroatoms. The monoisotopic (exact) mass is 208 g/mol. The standard InChI is InChI=1S/C5H3Cl2N2OP/c6-3-2(1-10)4(7)9-5(11)8-3/h1H,11H2. The van der Waals surface area contributed by atoms with Gasteiger partial charge >= 0.3 is 0 Å². The predicted octanol–water partition coefficient (Wildman–Crippen LogP) is 1.10. The van der Waals surface area contributed by atoms with E-state index < -0.39 is 0 Å². The van der Waals surface area contributed by atoms with Crippen LogP contribution >= 0.6 is 32.4 Å². The molecule has 0 aliphatic heterocycles. The molecule has 0 fully saturated rings. The van der Waals surface area contributed by atoms with Crippen LogP contribution < -0.4 is 5.57 Å². The molecule has 0 saturated carbocycles. The third-order valence-corrected chi connectivity index (χ3v) is 1.82. The van der Waals surface area contributed by atoms with Crippen molar-refractivity contribution in [2.45, 2.75) is 0 Å². The Kier molecular flexibility index (Phi) is 2.77. The topological polar surface area (TPSA) is 42.9 Å². The van der Waals surface area contributed by atoms with Gasteiger partial charge in [-0.05, 0) is 0 Å². The fourth-order valence-electron chi connectivity index (χ4n) is 0.529. The molecule has 0 spiro atoms. The van der Waals surface area contributed by atoms with Crippen LogP contribution in [0, 0.1) is 0 Å². The van der Waals surface area contributed by atoms with Gasteiger partial charge in [0.1, 0.15) is 15.9 Å². The molecule has 1 heterocycles. The average Bonchev–Trinajstić information content (AvgIpc) is 1.85. The van der Waals surface area contributed by atoms with E-state index >= 15 is 0 Å². The molecule has 0 N–H and O–H groups in total. The Labute approximate surface area is 75.3 Å². The molecule has 0 aromatic carbocycles. The van der Waals surface area contributed by atoms with E-state index in [1.807, 2.05) is 0 Å². The van der Waals surface area contributed by atoms with Crippen LogP contribution in [0.4, 0.5) is 0 Å². The van der Waals surface area contributed by atoms with E-state index in [-0.39, 0.29) is 15.9 Å². The maximum absolute atomic E-state index is 10.3. The fraction of sp³-hybridized carbons (Fsp3) is 0. The van der Waals surface area contributed by atoms with Gasteiger partial charge in [0.2, 0.25) is 0 Å². The number of carbonyl (C=O) groups excluding carboxylic acids is 1. The largest absolute Gasteiger partial charge is 0.298 e. The van der Waals surface area contributed by atoms with E-state index in [1.54, 1.807) is 0 Å². The number of aldehydes is 1. The predicted molar refractivity (Wildman–Crippen MR) is 46.8 cm³/mol. The molecule has 1 rings (SSSR count). The average molecular weight is 209 g/mol. The summed E-state index contributed by atoms with van der Waals surface area (Å²) in [6.07, 6.45) is 0.523. The summed E-state index contributed by atoms with van der Waals surface area (Å²) in [5.74, 6) is 0. The molecule has 1 aromatic rings. The quantitative estimate of drug-likeness (QED) is 0.395. The molecule has 0 bridgehead atoms. The highest BCUT2D eigenvalue weighted by molar-refractivity contribution is 7.26. The second-order valence-electron chi connectivity index (χ2n) is 1.69. The van der Waals surface area contributed by atoms with Crippen molar-refractivity contribution in [1.82, 2.24) is 9.97 Å². The summed E-state index contributed by atoms with van der Waals surface area (Å²) in [5.41, 5.74) is 0.491. The van der Waals surface area contributed by atoms with E-state index in [2.05, 4.69) is 19.2 Å². The molecule has 0 saturated heterocycles. The Hall–Kier alpha value is -0.240. The number of nitrogens with zero attached hydrogens (tertiary/aromatic N) is 2. The first-order valence-electron chi connectivity index (χ1n) is 2.59. The lowest BCUT2D eigenvalue weighted by Crippen LogP contribution is -2.06. The summed E-state index contributed by atoms with van der Waals surface area (Å²) in [6, 6.07) is 0. The first-order chi connectivity index (χ1) is 5.15. The molecule has 1 atom stereocenters. The highest BCUT2D eigenvalue weighted by Crippen LogP contribution is 2.16. The number of aromatic nitrogens is 2. The van der Waals surface area contributed by atoms with Crippen molar-refractivity contribution in [2.75, 3.05) is 0 Å². The van der Waals surface area contributed by atoms with Gasteiger partial charge in [0.15, 0.2) is 6.29 Å². The zero-order valence-corrected chi connectivity index (χ0v) is 7.88. The zero-order chi connectivity index (χ0) is 8.43. The summed E-state index contributed by atoms with van der Waals surface area (Å²) in [5, 5.41) is 0.148. The number of halogens is 2. The number of carbonyl (C=O) groups is 1. The minimum atomic E-state index is 0.0741. The third-order valence-electron chi connectivity index (χ3n) is 0.988. The van der Waals surface area contributed by atoms with Gasteiger partial charge in [-0.25, -0.2) is 9.97 Å². The minimum Gasteiger partial charge on any atom is -0.298 e. The van der Waals surface area contributed by atoms with Crippen LogP contribution in [0.1, 0.15) is 10.4 Å². The van der Waals surface area contributed by atoms with Crippen LogP contribution in [0.2, 0.25) is 10.3 Å². The van der Waals surface area contributed by atoms with E-state index in [0.717, 1.165) is 0 Å². The molecule has 1 aromatic heterocycles. The Morgan fingerprint density at radius 3 is 2.09 bits per heavy atom. The Morgan fingerprint density at radius 2 is 1.73 bits per heavy atom. The molecule has 0 radical (unpaired) electrons. The number of hydrogen-bond donors (Lipinski definition) is 0. The summed E-state index contributed by atoms with van der Waals surface area (Å²) in [4.78, 5) is 17.7. The minimum absolute atomic E-state index is 0.0741. The summed E-state index contributed by atoms with van der Waals surface area (Å²) >= 11 is 11.1. The molecule has 0 aliphatic rings. The summed E-state index contributed by atoms with van der Waals surface area (Å²) in [7, 11) is 2.23. The number of hydrogen-bond acceptors (Lipinski definition) is 3. The van der Waals surface area contributed by atoms with E-state index in [4.69, 9.17) is 23.2 Å². The van der Waals surface area contributed by atoms with E-state index in [9.17, 15) is 4.79 Å². The smallest absolute Gasteiger partial charge is 0.156 e. The van der Waals surface area contributed by atoms with Crippen LogP contribution in [-0.2, 0) is 0 Å². The van der Waals surface area contributed by atoms with Crippen molar-refractivity contribution in [3.8, 4) is 0 Å². The highest BCUT2D eigenvalue weighted by Gasteiger charge is 2.07. The maximum Gasteiger partial charge on any atom is 0.156 e. The van der Waals surface area contributed by atoms with Gasteiger partial charge in [-0.3, -0.25) is 4.79 Å². The summed E-state index contributed by atoms with van der Waals surface area (Å²) < 4.78 is 0. The zero-order valence-electron chi connectivity index (χ0n) is 5.21. The number of rotatable bonds is 1. The van der Waals surface area contributed by atoms with Gasteiger partial charge < -0.3 is 0 Å². The van der Waals surface area contributed by atoms with Crippen molar-refractivity contribution in [3.63, 3.8) is 0 Å². The Bertz CT molecular complexity index is 282. The van der Waals surface area contributed by atoms with Crippen molar-refractivity contribution >= 4 is 44.3 Å². The Balaban J connectivity index is 3.36. The molecule has 0 amide bonds. The maximum atomic E-state index is 10.3. The summed E-state index contributed by atoms with van der Waals surface area (Å²) in [6.45, 7) is 0. The van der Waals surface area contributed by atoms with Gasteiger partial charge in [-0.1, -0.05) is 32.4 Å². The van der Waals surface area contributed by atoms with E-state index in [0.29, 0.717) is 11.9 Å². The van der Waals surface area contributed by atoms with Gasteiger partial charge in [-0.15, -0.1) is 0 Å². The normalized spacial score (nSPS) is 9.73. The van der Waals surface area contributed by atoms with Gasteiger partial charge in [0.05, 0.1) is 5.56 Å². The first-order valence-corrected chi connectivity index (χ1v) is 3.92. The van der Waals surface area contributed by atoms with Crippen LogP contribution in [0.25, 0.3) is 0 Å². The van der Waals surface area contributed by atoms with Gasteiger partial charge in [0.25, 0.3) is 0 Å². The van der Waals surface area contributed by atoms with E-state index in [1.165, 1.54) is 0 Å². The van der Waals surface area contributed by atoms with Gasteiger partial charge in [0, 0.05) is 0 Å². The highest BCUT2D eigenvalue weighted by atomic mass is 35.5. The molecular weight excluding hydrogens is 206 g/mol. The van der Waals surface area contributed by atoms with Crippen LogP contribution in [-0.4, -0.2) is 16.3 Å². The lowest BCUT2D eigenvalue weighted by molar-refractivity contribution is 0.112. The van der Waals surface area contributed by atoms with Crippen LogP contribution in [0.3, 0.4) is 0 Å². The molecule has 0 aliphatic carbocycles. The van der Waals surface area contributed by atoms with Crippen LogP contribution in [0.5, 0.6) is 0 Å². The van der Waals surface area contributed by atoms with Gasteiger partial charge in [-0.2, -0.15) is 0 Å². The van der Waals surface area contributed by atoms with Crippen molar-refractivity contribution < 1.29 is 4.79 Å². The molecule has 58 valence electrons. The molecular formula is C5H3Cl2N2OP.